The Morgan fingerprint density at radius 1 is 1.07 bits per heavy atom. The Morgan fingerprint density at radius 3 is 2.30 bits per heavy atom. The van der Waals surface area contributed by atoms with E-state index in [1.54, 1.807) is 0 Å². The molecule has 1 amide bonds. The maximum atomic E-state index is 12.2. The molecule has 6 nitrogen and oxygen atoms in total. The number of aryl methyl sites for hydroxylation is 1. The normalized spacial score (nSPS) is 12.3. The third kappa shape index (κ3) is 5.65. The number of sulfone groups is 1. The monoisotopic (exact) mass is 389 g/mol. The first-order valence-electron chi connectivity index (χ1n) is 8.56. The van der Waals surface area contributed by atoms with Gasteiger partial charge in [-0.3, -0.25) is 4.79 Å². The van der Waals surface area contributed by atoms with Crippen LogP contribution in [0.2, 0.25) is 0 Å². The highest BCUT2D eigenvalue weighted by Crippen LogP contribution is 2.17. The molecule has 2 rings (SSSR count). The summed E-state index contributed by atoms with van der Waals surface area (Å²) in [5.74, 6) is -1.32. The highest BCUT2D eigenvalue weighted by Gasteiger charge is 2.20. The van der Waals surface area contributed by atoms with E-state index in [1.807, 2.05) is 31.2 Å². The van der Waals surface area contributed by atoms with E-state index in [0.29, 0.717) is 0 Å². The molecular formula is C20H23NO5S. The molecule has 0 heterocycles. The number of rotatable bonds is 7. The first-order valence-corrected chi connectivity index (χ1v) is 10.5. The smallest absolute Gasteiger partial charge is 0.339 e. The Morgan fingerprint density at radius 2 is 1.70 bits per heavy atom. The zero-order valence-corrected chi connectivity index (χ0v) is 16.4. The maximum Gasteiger partial charge on any atom is 0.339 e. The van der Waals surface area contributed by atoms with Crippen molar-refractivity contribution in [2.75, 3.05) is 12.9 Å². The van der Waals surface area contributed by atoms with Crippen molar-refractivity contribution in [3.63, 3.8) is 0 Å². The van der Waals surface area contributed by atoms with Gasteiger partial charge in [0.15, 0.2) is 16.4 Å². The number of hydrogen-bond donors (Lipinski definition) is 1. The summed E-state index contributed by atoms with van der Waals surface area (Å²) >= 11 is 0. The summed E-state index contributed by atoms with van der Waals surface area (Å²) in [7, 11) is -3.58. The predicted octanol–water partition coefficient (Wildman–Crippen LogP) is 2.69. The molecule has 0 saturated heterocycles. The molecule has 2 aromatic carbocycles. The molecule has 0 saturated carbocycles. The van der Waals surface area contributed by atoms with E-state index in [-0.39, 0.29) is 16.5 Å². The third-order valence-electron chi connectivity index (χ3n) is 4.11. The molecule has 0 spiro atoms. The summed E-state index contributed by atoms with van der Waals surface area (Å²) in [6.45, 7) is 3.41. The van der Waals surface area contributed by atoms with Crippen LogP contribution in [0.15, 0.2) is 53.4 Å². The van der Waals surface area contributed by atoms with Gasteiger partial charge < -0.3 is 10.1 Å². The summed E-state index contributed by atoms with van der Waals surface area (Å²) in [4.78, 5) is 24.1. The van der Waals surface area contributed by atoms with Crippen LogP contribution in [-0.2, 0) is 25.8 Å². The van der Waals surface area contributed by atoms with E-state index in [0.717, 1.165) is 18.2 Å². The van der Waals surface area contributed by atoms with Crippen LogP contribution in [0.3, 0.4) is 0 Å². The minimum absolute atomic E-state index is 0.0870. The van der Waals surface area contributed by atoms with Gasteiger partial charge in [-0.2, -0.15) is 0 Å². The van der Waals surface area contributed by atoms with Crippen molar-refractivity contribution in [1.29, 1.82) is 0 Å². The molecule has 0 aliphatic rings. The second-order valence-corrected chi connectivity index (χ2v) is 8.21. The molecule has 0 radical (unpaired) electrons. The minimum Gasteiger partial charge on any atom is -0.452 e. The molecule has 0 unspecified atom stereocenters. The summed E-state index contributed by atoms with van der Waals surface area (Å²) in [6, 6.07) is 13.4. The number of nitrogens with one attached hydrogen (secondary N) is 1. The number of amides is 1. The average Bonchev–Trinajstić information content (AvgIpc) is 2.65. The van der Waals surface area contributed by atoms with Crippen LogP contribution in [0.25, 0.3) is 0 Å². The summed E-state index contributed by atoms with van der Waals surface area (Å²) < 4.78 is 28.5. The van der Waals surface area contributed by atoms with Crippen LogP contribution in [0.4, 0.5) is 0 Å². The van der Waals surface area contributed by atoms with Gasteiger partial charge >= 0.3 is 5.97 Å². The summed E-state index contributed by atoms with van der Waals surface area (Å²) in [5, 5.41) is 2.75. The highest BCUT2D eigenvalue weighted by molar-refractivity contribution is 7.90. The Bertz CT molecular complexity index is 920. The van der Waals surface area contributed by atoms with Crippen LogP contribution in [0, 0.1) is 0 Å². The van der Waals surface area contributed by atoms with Crippen LogP contribution >= 0.6 is 0 Å². The van der Waals surface area contributed by atoms with Crippen LogP contribution < -0.4 is 5.32 Å². The second kappa shape index (κ2) is 8.81. The average molecular weight is 389 g/mol. The second-order valence-electron chi connectivity index (χ2n) is 6.23. The maximum absolute atomic E-state index is 12.2. The van der Waals surface area contributed by atoms with Crippen molar-refractivity contribution in [2.45, 2.75) is 31.2 Å². The molecule has 144 valence electrons. The molecular weight excluding hydrogens is 366 g/mol. The standard InChI is InChI=1S/C20H23NO5S/c1-4-15-9-11-16(12-10-15)14(2)21-19(22)13-26-20(23)17-7-5-6-8-18(17)27(3,24)25/h5-12,14H,4,13H2,1-3H3,(H,21,22)/t14-/m1/s1. The van der Waals surface area contributed by atoms with Crippen molar-refractivity contribution in [2.24, 2.45) is 0 Å². The zero-order chi connectivity index (χ0) is 20.0. The van der Waals surface area contributed by atoms with Gasteiger partial charge in [-0.25, -0.2) is 13.2 Å². The largest absolute Gasteiger partial charge is 0.452 e. The highest BCUT2D eigenvalue weighted by atomic mass is 32.2. The SMILES string of the molecule is CCc1ccc([C@@H](C)NC(=O)COC(=O)c2ccccc2S(C)(=O)=O)cc1. The van der Waals surface area contributed by atoms with E-state index in [1.165, 1.54) is 29.8 Å². The number of esters is 1. The molecule has 0 bridgehead atoms. The molecule has 1 atom stereocenters. The molecule has 1 N–H and O–H groups in total. The van der Waals surface area contributed by atoms with Crippen molar-refractivity contribution in [3.8, 4) is 0 Å². The van der Waals surface area contributed by atoms with Crippen LogP contribution in [0.5, 0.6) is 0 Å². The lowest BCUT2D eigenvalue weighted by atomic mass is 10.1. The Balaban J connectivity index is 1.96. The van der Waals surface area contributed by atoms with Gasteiger partial charge in [0.1, 0.15) is 0 Å². The van der Waals surface area contributed by atoms with Gasteiger partial charge in [-0.05, 0) is 36.6 Å². The van der Waals surface area contributed by atoms with E-state index in [9.17, 15) is 18.0 Å². The van der Waals surface area contributed by atoms with Crippen molar-refractivity contribution < 1.29 is 22.7 Å². The summed E-state index contributed by atoms with van der Waals surface area (Å²) in [6.07, 6.45) is 1.95. The molecule has 7 heteroatoms. The Hall–Kier alpha value is -2.67. The minimum atomic E-state index is -3.58. The number of ether oxygens (including phenoxy) is 1. The first-order chi connectivity index (χ1) is 12.7. The fourth-order valence-corrected chi connectivity index (χ4v) is 3.45. The fraction of sp³-hybridized carbons (Fsp3) is 0.300. The predicted molar refractivity (Wildman–Crippen MR) is 102 cm³/mol. The summed E-state index contributed by atoms with van der Waals surface area (Å²) in [5.41, 5.74) is 2.06. The lowest BCUT2D eigenvalue weighted by Gasteiger charge is -2.15. The van der Waals surface area contributed by atoms with Gasteiger partial charge in [0.2, 0.25) is 0 Å². The quantitative estimate of drug-likeness (QED) is 0.736. The van der Waals surface area contributed by atoms with Crippen molar-refractivity contribution in [1.82, 2.24) is 5.32 Å². The lowest BCUT2D eigenvalue weighted by molar-refractivity contribution is -0.124. The third-order valence-corrected chi connectivity index (χ3v) is 5.26. The van der Waals surface area contributed by atoms with Gasteiger partial charge in [-0.15, -0.1) is 0 Å². The molecule has 0 aromatic heterocycles. The van der Waals surface area contributed by atoms with Crippen molar-refractivity contribution in [3.05, 3.63) is 65.2 Å². The van der Waals surface area contributed by atoms with Crippen molar-refractivity contribution >= 4 is 21.7 Å². The van der Waals surface area contributed by atoms with Crippen LogP contribution in [0.1, 0.15) is 41.4 Å². The topological polar surface area (TPSA) is 89.5 Å². The van der Waals surface area contributed by atoms with Gasteiger partial charge in [-0.1, -0.05) is 43.3 Å². The molecule has 27 heavy (non-hydrogen) atoms. The van der Waals surface area contributed by atoms with Crippen LogP contribution in [-0.4, -0.2) is 33.2 Å². The van der Waals surface area contributed by atoms with E-state index in [4.69, 9.17) is 4.74 Å². The molecule has 0 fully saturated rings. The fourth-order valence-electron chi connectivity index (χ4n) is 2.58. The van der Waals surface area contributed by atoms with E-state index >= 15 is 0 Å². The Kier molecular flexibility index (Phi) is 6.74. The first kappa shape index (κ1) is 20.6. The van der Waals surface area contributed by atoms with Gasteiger partial charge in [0.05, 0.1) is 16.5 Å². The molecule has 2 aromatic rings. The number of hydrogen-bond acceptors (Lipinski definition) is 5. The number of carbonyl (C=O) groups is 2. The number of benzene rings is 2. The van der Waals surface area contributed by atoms with Gasteiger partial charge in [0, 0.05) is 6.26 Å². The van der Waals surface area contributed by atoms with Gasteiger partial charge in [0.25, 0.3) is 5.91 Å². The lowest BCUT2D eigenvalue weighted by Crippen LogP contribution is -2.31. The Labute approximate surface area is 159 Å². The zero-order valence-electron chi connectivity index (χ0n) is 15.6. The number of carbonyl (C=O) groups excluding carboxylic acids is 2. The van der Waals surface area contributed by atoms with E-state index in [2.05, 4.69) is 12.2 Å². The molecule has 0 aliphatic carbocycles. The molecule has 0 aliphatic heterocycles. The van der Waals surface area contributed by atoms with E-state index < -0.39 is 28.3 Å².